The first-order valence-electron chi connectivity index (χ1n) is 4.93. The highest BCUT2D eigenvalue weighted by Crippen LogP contribution is 2.06. The van der Waals surface area contributed by atoms with Gasteiger partial charge in [0.05, 0.1) is 11.0 Å². The van der Waals surface area contributed by atoms with Crippen LogP contribution in [0.25, 0.3) is 11.0 Å². The molecule has 16 heavy (non-hydrogen) atoms. The first-order valence-corrected chi connectivity index (χ1v) is 4.93. The van der Waals surface area contributed by atoms with E-state index >= 15 is 0 Å². The number of aromatic nitrogens is 2. The number of carbonyl (C=O) groups is 1. The number of para-hydroxylation sites is 2. The van der Waals surface area contributed by atoms with Gasteiger partial charge in [-0.15, -0.1) is 0 Å². The topological polar surface area (TPSA) is 88.8 Å². The number of H-pyrrole nitrogens is 1. The first kappa shape index (κ1) is 10.4. The zero-order valence-electron chi connectivity index (χ0n) is 8.56. The number of hydrogen-bond acceptors (Lipinski definition) is 3. The molecule has 2 aromatic rings. The van der Waals surface area contributed by atoms with Crippen LogP contribution in [0, 0.1) is 0 Å². The molecule has 1 heterocycles. The third-order valence-electron chi connectivity index (χ3n) is 2.28. The molecule has 0 aliphatic heterocycles. The number of benzene rings is 1. The molecule has 3 N–H and O–H groups in total. The average molecular weight is 217 g/mol. The molecule has 5 heteroatoms. The van der Waals surface area contributed by atoms with Crippen LogP contribution in [0.4, 0.5) is 0 Å². The zero-order valence-corrected chi connectivity index (χ0v) is 8.56. The quantitative estimate of drug-likeness (QED) is 0.777. The molecule has 0 spiro atoms. The third kappa shape index (κ3) is 2.08. The van der Waals surface area contributed by atoms with Crippen molar-refractivity contribution in [1.29, 1.82) is 0 Å². The number of carbonyl (C=O) groups excluding carboxylic acids is 1. The van der Waals surface area contributed by atoms with Gasteiger partial charge in [0.15, 0.2) is 0 Å². The fourth-order valence-corrected chi connectivity index (χ4v) is 1.48. The van der Waals surface area contributed by atoms with E-state index in [4.69, 9.17) is 5.73 Å². The normalized spacial score (nSPS) is 10.5. The van der Waals surface area contributed by atoms with Crippen molar-refractivity contribution in [2.24, 2.45) is 5.73 Å². The number of amides is 1. The van der Waals surface area contributed by atoms with Gasteiger partial charge in [-0.05, 0) is 12.1 Å². The van der Waals surface area contributed by atoms with Crippen LogP contribution >= 0.6 is 0 Å². The lowest BCUT2D eigenvalue weighted by Crippen LogP contribution is -2.18. The van der Waals surface area contributed by atoms with Crippen molar-refractivity contribution in [3.05, 3.63) is 40.3 Å². The summed E-state index contributed by atoms with van der Waals surface area (Å²) in [6.07, 6.45) is 0.407. The fourth-order valence-electron chi connectivity index (χ4n) is 1.48. The monoisotopic (exact) mass is 217 g/mol. The summed E-state index contributed by atoms with van der Waals surface area (Å²) in [5.74, 6) is -0.436. The molecule has 0 saturated carbocycles. The molecule has 1 amide bonds. The van der Waals surface area contributed by atoms with Gasteiger partial charge in [0.2, 0.25) is 5.91 Å². The summed E-state index contributed by atoms with van der Waals surface area (Å²) in [7, 11) is 0. The molecule has 1 aromatic heterocycles. The summed E-state index contributed by atoms with van der Waals surface area (Å²) < 4.78 is 0. The lowest BCUT2D eigenvalue weighted by molar-refractivity contribution is -0.118. The highest BCUT2D eigenvalue weighted by Gasteiger charge is 2.05. The van der Waals surface area contributed by atoms with Crippen LogP contribution in [0.15, 0.2) is 29.1 Å². The Labute approximate surface area is 91.3 Å². The van der Waals surface area contributed by atoms with Gasteiger partial charge in [-0.3, -0.25) is 9.59 Å². The third-order valence-corrected chi connectivity index (χ3v) is 2.28. The predicted molar refractivity (Wildman–Crippen MR) is 59.9 cm³/mol. The minimum atomic E-state index is -0.436. The molecule has 0 atom stereocenters. The van der Waals surface area contributed by atoms with E-state index in [0.29, 0.717) is 16.7 Å². The predicted octanol–water partition coefficient (Wildman–Crippen LogP) is 0.341. The minimum Gasteiger partial charge on any atom is -0.370 e. The van der Waals surface area contributed by atoms with Gasteiger partial charge in [-0.25, -0.2) is 4.98 Å². The van der Waals surface area contributed by atoms with E-state index in [2.05, 4.69) is 9.97 Å². The van der Waals surface area contributed by atoms with Crippen LogP contribution in [-0.4, -0.2) is 15.9 Å². The van der Waals surface area contributed by atoms with Crippen LogP contribution < -0.4 is 11.3 Å². The van der Waals surface area contributed by atoms with Crippen molar-refractivity contribution < 1.29 is 4.79 Å². The summed E-state index contributed by atoms with van der Waals surface area (Å²) in [6.45, 7) is 0. The van der Waals surface area contributed by atoms with Gasteiger partial charge in [0.1, 0.15) is 5.69 Å². The van der Waals surface area contributed by atoms with Gasteiger partial charge < -0.3 is 10.7 Å². The van der Waals surface area contributed by atoms with Crippen molar-refractivity contribution in [3.63, 3.8) is 0 Å². The molecular formula is C11H11N3O2. The van der Waals surface area contributed by atoms with Crippen LogP contribution in [0.5, 0.6) is 0 Å². The van der Waals surface area contributed by atoms with E-state index in [1.165, 1.54) is 0 Å². The molecule has 0 aliphatic rings. The Morgan fingerprint density at radius 2 is 2.12 bits per heavy atom. The van der Waals surface area contributed by atoms with E-state index < -0.39 is 5.91 Å². The number of nitrogens with two attached hydrogens (primary N) is 1. The van der Waals surface area contributed by atoms with Crippen LogP contribution in [0.3, 0.4) is 0 Å². The number of fused-ring (bicyclic) bond motifs is 1. The van der Waals surface area contributed by atoms with Gasteiger partial charge >= 0.3 is 0 Å². The summed E-state index contributed by atoms with van der Waals surface area (Å²) >= 11 is 0. The van der Waals surface area contributed by atoms with E-state index in [-0.39, 0.29) is 18.4 Å². The summed E-state index contributed by atoms with van der Waals surface area (Å²) in [5.41, 5.74) is 6.50. The first-order chi connectivity index (χ1) is 7.66. The van der Waals surface area contributed by atoms with Crippen molar-refractivity contribution >= 4 is 16.9 Å². The summed E-state index contributed by atoms with van der Waals surface area (Å²) in [5, 5.41) is 0. The number of primary amides is 1. The van der Waals surface area contributed by atoms with Crippen LogP contribution in [-0.2, 0) is 11.2 Å². The maximum absolute atomic E-state index is 11.6. The van der Waals surface area contributed by atoms with Crippen molar-refractivity contribution in [1.82, 2.24) is 9.97 Å². The number of hydrogen-bond donors (Lipinski definition) is 2. The molecule has 0 aliphatic carbocycles. The SMILES string of the molecule is NC(=O)CCc1nc2ccccc2[nH]c1=O. The number of aromatic amines is 1. The fraction of sp³-hybridized carbons (Fsp3) is 0.182. The van der Waals surface area contributed by atoms with Gasteiger partial charge in [-0.1, -0.05) is 12.1 Å². The Balaban J connectivity index is 2.42. The number of nitrogens with zero attached hydrogens (tertiary/aromatic N) is 1. The van der Waals surface area contributed by atoms with E-state index in [1.807, 2.05) is 12.1 Å². The molecular weight excluding hydrogens is 206 g/mol. The second kappa shape index (κ2) is 4.14. The van der Waals surface area contributed by atoms with Gasteiger partial charge in [0.25, 0.3) is 5.56 Å². The number of aryl methyl sites for hydroxylation is 1. The Morgan fingerprint density at radius 1 is 1.38 bits per heavy atom. The van der Waals surface area contributed by atoms with Crippen molar-refractivity contribution in [2.45, 2.75) is 12.8 Å². The average Bonchev–Trinajstić information content (AvgIpc) is 2.26. The molecule has 5 nitrogen and oxygen atoms in total. The Morgan fingerprint density at radius 3 is 2.88 bits per heavy atom. The van der Waals surface area contributed by atoms with Crippen molar-refractivity contribution in [3.8, 4) is 0 Å². The maximum Gasteiger partial charge on any atom is 0.270 e. The lowest BCUT2D eigenvalue weighted by Gasteiger charge is -2.00. The molecule has 0 saturated heterocycles. The molecule has 0 fully saturated rings. The maximum atomic E-state index is 11.6. The minimum absolute atomic E-state index is 0.133. The van der Waals surface area contributed by atoms with Crippen LogP contribution in [0.2, 0.25) is 0 Å². The van der Waals surface area contributed by atoms with Gasteiger partial charge in [-0.2, -0.15) is 0 Å². The highest BCUT2D eigenvalue weighted by molar-refractivity contribution is 5.75. The summed E-state index contributed by atoms with van der Waals surface area (Å²) in [6, 6.07) is 7.25. The standard InChI is InChI=1S/C11H11N3O2/c12-10(15)6-5-9-11(16)14-8-4-2-1-3-7(8)13-9/h1-4H,5-6H2,(H2,12,15)(H,14,16). The second-order valence-electron chi connectivity index (χ2n) is 3.50. The molecule has 2 rings (SSSR count). The van der Waals surface area contributed by atoms with Crippen molar-refractivity contribution in [2.75, 3.05) is 0 Å². The largest absolute Gasteiger partial charge is 0.370 e. The smallest absolute Gasteiger partial charge is 0.270 e. The van der Waals surface area contributed by atoms with E-state index in [9.17, 15) is 9.59 Å². The summed E-state index contributed by atoms with van der Waals surface area (Å²) in [4.78, 5) is 29.1. The Hall–Kier alpha value is -2.17. The van der Waals surface area contributed by atoms with Crippen LogP contribution in [0.1, 0.15) is 12.1 Å². The zero-order chi connectivity index (χ0) is 11.5. The molecule has 82 valence electrons. The van der Waals surface area contributed by atoms with E-state index in [1.54, 1.807) is 12.1 Å². The molecule has 0 radical (unpaired) electrons. The molecule has 0 bridgehead atoms. The Bertz CT molecular complexity index is 589. The number of nitrogens with one attached hydrogen (secondary N) is 1. The lowest BCUT2D eigenvalue weighted by atomic mass is 10.2. The second-order valence-corrected chi connectivity index (χ2v) is 3.50. The van der Waals surface area contributed by atoms with E-state index in [0.717, 1.165) is 0 Å². The Kier molecular flexibility index (Phi) is 2.68. The molecule has 1 aromatic carbocycles. The number of rotatable bonds is 3. The molecule has 0 unspecified atom stereocenters. The van der Waals surface area contributed by atoms with Gasteiger partial charge in [0, 0.05) is 12.8 Å². The highest BCUT2D eigenvalue weighted by atomic mass is 16.1.